The molecule has 3 unspecified atom stereocenters. The Labute approximate surface area is 347 Å². The van der Waals surface area contributed by atoms with E-state index in [1.54, 1.807) is 6.08 Å². The molecule has 0 fully saturated rings. The van der Waals surface area contributed by atoms with Crippen molar-refractivity contribution in [3.8, 4) is 0 Å². The lowest BCUT2D eigenvalue weighted by atomic mass is 10.0. The van der Waals surface area contributed by atoms with E-state index in [4.69, 9.17) is 9.05 Å². The number of aliphatic hydroxyl groups excluding tert-OH is 1. The third kappa shape index (κ3) is 40.9. The van der Waals surface area contributed by atoms with Gasteiger partial charge in [0.25, 0.3) is 7.82 Å². The second-order valence-electron chi connectivity index (χ2n) is 17.1. The van der Waals surface area contributed by atoms with Crippen LogP contribution in [0.5, 0.6) is 0 Å². The average Bonchev–Trinajstić information content (AvgIpc) is 3.15. The van der Waals surface area contributed by atoms with Gasteiger partial charge in [-0.15, -0.1) is 0 Å². The number of aliphatic hydroxyl groups is 1. The molecule has 0 radical (unpaired) electrons. The number of hydrogen-bond donors (Lipinski definition) is 2. The Morgan fingerprint density at radius 3 is 1.54 bits per heavy atom. The van der Waals surface area contributed by atoms with Crippen LogP contribution in [0, 0.1) is 0 Å². The maximum absolute atomic E-state index is 12.8. The van der Waals surface area contributed by atoms with Crippen LogP contribution in [-0.4, -0.2) is 68.5 Å². The molecule has 0 aromatic carbocycles. The summed E-state index contributed by atoms with van der Waals surface area (Å²) in [5.74, 6) is -0.212. The van der Waals surface area contributed by atoms with Crippen molar-refractivity contribution in [3.63, 3.8) is 0 Å². The highest BCUT2D eigenvalue weighted by Gasteiger charge is 2.23. The summed E-state index contributed by atoms with van der Waals surface area (Å²) in [5.41, 5.74) is 0. The quantitative estimate of drug-likeness (QED) is 0.0275. The number of nitrogens with one attached hydrogen (secondary N) is 1. The molecule has 0 saturated carbocycles. The van der Waals surface area contributed by atoms with Crippen LogP contribution in [0.2, 0.25) is 0 Å². The van der Waals surface area contributed by atoms with Crippen molar-refractivity contribution in [1.29, 1.82) is 0 Å². The molecule has 1 amide bonds. The van der Waals surface area contributed by atoms with Crippen LogP contribution < -0.4 is 10.2 Å². The average molecular weight is 811 g/mol. The van der Waals surface area contributed by atoms with Gasteiger partial charge in [0.05, 0.1) is 39.9 Å². The summed E-state index contributed by atoms with van der Waals surface area (Å²) in [6, 6.07) is -0.892. The Balaban J connectivity index is 4.38. The zero-order valence-corrected chi connectivity index (χ0v) is 38.2. The Kier molecular flexibility index (Phi) is 38.3. The molecule has 0 spiro atoms. The normalized spacial score (nSPS) is 14.6. The first-order chi connectivity index (χ1) is 27.0. The molecule has 0 aromatic rings. The molecule has 0 aliphatic carbocycles. The number of carbonyl (C=O) groups is 1. The van der Waals surface area contributed by atoms with Crippen LogP contribution in [0.3, 0.4) is 0 Å². The molecule has 0 saturated heterocycles. The van der Waals surface area contributed by atoms with Crippen LogP contribution in [0.1, 0.15) is 206 Å². The maximum Gasteiger partial charge on any atom is 0.268 e. The van der Waals surface area contributed by atoms with Gasteiger partial charge in [0, 0.05) is 6.42 Å². The number of amides is 1. The van der Waals surface area contributed by atoms with Crippen molar-refractivity contribution in [2.75, 3.05) is 40.9 Å². The van der Waals surface area contributed by atoms with Crippen molar-refractivity contribution < 1.29 is 32.9 Å². The monoisotopic (exact) mass is 811 g/mol. The molecular weight excluding hydrogens is 719 g/mol. The Morgan fingerprint density at radius 1 is 0.625 bits per heavy atom. The van der Waals surface area contributed by atoms with Crippen molar-refractivity contribution >= 4 is 13.7 Å². The summed E-state index contributed by atoms with van der Waals surface area (Å²) >= 11 is 0. The second-order valence-corrected chi connectivity index (χ2v) is 18.5. The molecule has 2 N–H and O–H groups in total. The number of phosphoric ester groups is 1. The maximum atomic E-state index is 12.8. The highest BCUT2D eigenvalue weighted by atomic mass is 31.2. The minimum absolute atomic E-state index is 0.00405. The lowest BCUT2D eigenvalue weighted by Crippen LogP contribution is -2.45. The van der Waals surface area contributed by atoms with Crippen LogP contribution in [-0.2, 0) is 18.4 Å². The highest BCUT2D eigenvalue weighted by molar-refractivity contribution is 7.45. The van der Waals surface area contributed by atoms with Crippen LogP contribution in [0.4, 0.5) is 0 Å². The number of rotatable bonds is 42. The Hall–Kier alpha value is -1.28. The summed E-state index contributed by atoms with van der Waals surface area (Å²) < 4.78 is 23.2. The summed E-state index contributed by atoms with van der Waals surface area (Å²) in [6.07, 6.45) is 47.6. The molecule has 8 nitrogen and oxygen atoms in total. The molecule has 0 aliphatic heterocycles. The van der Waals surface area contributed by atoms with Crippen LogP contribution >= 0.6 is 7.82 Å². The highest BCUT2D eigenvalue weighted by Crippen LogP contribution is 2.38. The first kappa shape index (κ1) is 54.7. The van der Waals surface area contributed by atoms with Gasteiger partial charge >= 0.3 is 0 Å². The lowest BCUT2D eigenvalue weighted by Gasteiger charge is -2.29. The molecule has 0 aromatic heterocycles. The largest absolute Gasteiger partial charge is 0.756 e. The number of hydrogen-bond acceptors (Lipinski definition) is 6. The van der Waals surface area contributed by atoms with Crippen molar-refractivity contribution in [2.45, 2.75) is 219 Å². The molecule has 0 aliphatic rings. The lowest BCUT2D eigenvalue weighted by molar-refractivity contribution is -0.870. The predicted molar refractivity (Wildman–Crippen MR) is 238 cm³/mol. The number of phosphoric acid groups is 1. The van der Waals surface area contributed by atoms with E-state index in [0.717, 1.165) is 64.2 Å². The van der Waals surface area contributed by atoms with Gasteiger partial charge in [0.15, 0.2) is 0 Å². The predicted octanol–water partition coefficient (Wildman–Crippen LogP) is 12.5. The van der Waals surface area contributed by atoms with E-state index < -0.39 is 20.0 Å². The van der Waals surface area contributed by atoms with Gasteiger partial charge in [-0.3, -0.25) is 9.36 Å². The van der Waals surface area contributed by atoms with E-state index in [-0.39, 0.29) is 19.1 Å². The number of carbonyl (C=O) groups excluding carboxylic acids is 1. The molecule has 0 rings (SSSR count). The molecule has 330 valence electrons. The minimum atomic E-state index is -4.59. The zero-order valence-electron chi connectivity index (χ0n) is 37.3. The number of nitrogens with zero attached hydrogens (tertiary/aromatic N) is 1. The molecule has 3 atom stereocenters. The fourth-order valence-electron chi connectivity index (χ4n) is 6.58. The summed E-state index contributed by atoms with van der Waals surface area (Å²) in [7, 11) is 1.25. The zero-order chi connectivity index (χ0) is 41.4. The summed E-state index contributed by atoms with van der Waals surface area (Å²) in [6.45, 7) is 4.60. The summed E-state index contributed by atoms with van der Waals surface area (Å²) in [4.78, 5) is 25.3. The van der Waals surface area contributed by atoms with Gasteiger partial charge in [-0.05, 0) is 44.9 Å². The van der Waals surface area contributed by atoms with Gasteiger partial charge in [0.2, 0.25) is 5.91 Å². The number of unbranched alkanes of at least 4 members (excludes halogenated alkanes) is 25. The van der Waals surface area contributed by atoms with E-state index in [1.165, 1.54) is 122 Å². The van der Waals surface area contributed by atoms with Crippen molar-refractivity contribution in [2.24, 2.45) is 0 Å². The Bertz CT molecular complexity index is 1010. The van der Waals surface area contributed by atoms with Gasteiger partial charge in [-0.25, -0.2) is 0 Å². The van der Waals surface area contributed by atoms with Crippen molar-refractivity contribution in [1.82, 2.24) is 5.32 Å². The van der Waals surface area contributed by atoms with E-state index in [1.807, 2.05) is 27.2 Å². The van der Waals surface area contributed by atoms with Crippen LogP contribution in [0.15, 0.2) is 36.5 Å². The molecular formula is C47H91N2O6P. The number of likely N-dealkylation sites (N-methyl/N-ethyl adjacent to an activating group) is 1. The minimum Gasteiger partial charge on any atom is -0.756 e. The number of allylic oxidation sites excluding steroid dienone is 5. The van der Waals surface area contributed by atoms with E-state index in [2.05, 4.69) is 43.5 Å². The smallest absolute Gasteiger partial charge is 0.268 e. The molecule has 0 heterocycles. The topological polar surface area (TPSA) is 108 Å². The molecule has 9 heteroatoms. The molecule has 0 bridgehead atoms. The van der Waals surface area contributed by atoms with E-state index in [9.17, 15) is 19.4 Å². The second kappa shape index (κ2) is 39.2. The van der Waals surface area contributed by atoms with Gasteiger partial charge < -0.3 is 28.8 Å². The van der Waals surface area contributed by atoms with Crippen LogP contribution in [0.25, 0.3) is 0 Å². The Morgan fingerprint density at radius 2 is 1.05 bits per heavy atom. The summed E-state index contributed by atoms with van der Waals surface area (Å²) in [5, 5.41) is 13.8. The first-order valence-electron chi connectivity index (χ1n) is 23.4. The standard InChI is InChI=1S/C47H91N2O6P/c1-6-8-10-12-14-16-18-20-22-23-24-25-26-27-28-30-32-34-36-38-40-46(50)45(44-55-56(52,53)54-43-42-49(3,4)5)48-47(51)41-39-37-35-33-31-29-21-19-17-15-13-11-9-7-2/h13,15,19,21,38,40,45-46,50H,6-12,14,16-18,20,22-37,39,41-44H2,1-5H3,(H-,48,51,52,53)/b15-13-,21-19-,40-38+. The third-order valence-corrected chi connectivity index (χ3v) is 11.3. The third-order valence-electron chi connectivity index (χ3n) is 10.3. The van der Waals surface area contributed by atoms with Gasteiger partial charge in [-0.1, -0.05) is 192 Å². The van der Waals surface area contributed by atoms with Gasteiger partial charge in [0.1, 0.15) is 13.2 Å². The molecule has 56 heavy (non-hydrogen) atoms. The first-order valence-corrected chi connectivity index (χ1v) is 24.8. The van der Waals surface area contributed by atoms with E-state index in [0.29, 0.717) is 17.4 Å². The number of quaternary nitrogens is 1. The van der Waals surface area contributed by atoms with Crippen molar-refractivity contribution in [3.05, 3.63) is 36.5 Å². The SMILES string of the molecule is CCCC/C=C\C/C=C\CCCCCCCC(=O)NC(COP(=O)([O-])OCC[N+](C)(C)C)C(O)/C=C/CCCCCCCCCCCCCCCCCCCC. The van der Waals surface area contributed by atoms with E-state index >= 15 is 0 Å². The fraction of sp³-hybridized carbons (Fsp3) is 0.851. The van der Waals surface area contributed by atoms with Gasteiger partial charge in [-0.2, -0.15) is 0 Å². The fourth-order valence-corrected chi connectivity index (χ4v) is 7.30.